The zero-order valence-electron chi connectivity index (χ0n) is 8.75. The molecule has 4 heteroatoms. The highest BCUT2D eigenvalue weighted by Crippen LogP contribution is 2.17. The minimum absolute atomic E-state index is 0.178. The van der Waals surface area contributed by atoms with Crippen molar-refractivity contribution in [3.8, 4) is 0 Å². The lowest BCUT2D eigenvalue weighted by Gasteiger charge is -2.08. The summed E-state index contributed by atoms with van der Waals surface area (Å²) in [5, 5.41) is 11.7. The molecule has 1 amide bonds. The van der Waals surface area contributed by atoms with E-state index < -0.39 is 6.10 Å². The predicted molar refractivity (Wildman–Crippen MR) is 62.9 cm³/mol. The van der Waals surface area contributed by atoms with Crippen molar-refractivity contribution in [2.45, 2.75) is 20.0 Å². The lowest BCUT2D eigenvalue weighted by molar-refractivity contribution is 0.0923. The Balaban J connectivity index is 2.74. The van der Waals surface area contributed by atoms with Crippen molar-refractivity contribution >= 4 is 21.8 Å². The number of carbonyl (C=O) groups is 1. The van der Waals surface area contributed by atoms with Crippen LogP contribution in [0.4, 0.5) is 0 Å². The number of hydrogen-bond acceptors (Lipinski definition) is 2. The fourth-order valence-electron chi connectivity index (χ4n) is 1.14. The van der Waals surface area contributed by atoms with E-state index in [-0.39, 0.29) is 12.5 Å². The van der Waals surface area contributed by atoms with Gasteiger partial charge in [0.25, 0.3) is 5.91 Å². The van der Waals surface area contributed by atoms with Crippen LogP contribution in [0.3, 0.4) is 0 Å². The Bertz CT molecular complexity index is 364. The van der Waals surface area contributed by atoms with Gasteiger partial charge >= 0.3 is 0 Å². The van der Waals surface area contributed by atoms with Crippen molar-refractivity contribution in [3.05, 3.63) is 33.8 Å². The molecule has 2 N–H and O–H groups in total. The van der Waals surface area contributed by atoms with Crippen LogP contribution in [-0.4, -0.2) is 23.7 Å². The van der Waals surface area contributed by atoms with Crippen LogP contribution in [-0.2, 0) is 0 Å². The molecule has 3 nitrogen and oxygen atoms in total. The molecule has 0 radical (unpaired) electrons. The van der Waals surface area contributed by atoms with E-state index in [0.29, 0.717) is 5.56 Å². The van der Waals surface area contributed by atoms with Crippen LogP contribution in [0.5, 0.6) is 0 Å². The summed E-state index contributed by atoms with van der Waals surface area (Å²) in [5.41, 5.74) is 1.68. The molecule has 0 aliphatic heterocycles. The lowest BCUT2D eigenvalue weighted by atomic mass is 10.1. The van der Waals surface area contributed by atoms with E-state index >= 15 is 0 Å². The molecule has 0 aliphatic rings. The molecule has 82 valence electrons. The summed E-state index contributed by atoms with van der Waals surface area (Å²) < 4.78 is 0.769. The molecular formula is C11H14BrNO2. The topological polar surface area (TPSA) is 49.3 Å². The van der Waals surface area contributed by atoms with E-state index in [0.717, 1.165) is 10.0 Å². The molecule has 0 heterocycles. The normalized spacial score (nSPS) is 12.3. The first-order chi connectivity index (χ1) is 7.00. The maximum atomic E-state index is 11.6. The van der Waals surface area contributed by atoms with Gasteiger partial charge in [0.15, 0.2) is 0 Å². The maximum Gasteiger partial charge on any atom is 0.252 e. The van der Waals surface area contributed by atoms with Crippen LogP contribution >= 0.6 is 15.9 Å². The van der Waals surface area contributed by atoms with Crippen LogP contribution in [0.15, 0.2) is 22.7 Å². The Morgan fingerprint density at radius 1 is 1.60 bits per heavy atom. The van der Waals surface area contributed by atoms with Gasteiger partial charge in [-0.1, -0.05) is 6.07 Å². The molecular weight excluding hydrogens is 258 g/mol. The molecule has 1 aromatic carbocycles. The van der Waals surface area contributed by atoms with Gasteiger partial charge in [0.05, 0.1) is 11.7 Å². The van der Waals surface area contributed by atoms with Crippen molar-refractivity contribution in [1.82, 2.24) is 5.32 Å². The molecule has 0 saturated carbocycles. The maximum absolute atomic E-state index is 11.6. The van der Waals surface area contributed by atoms with Gasteiger partial charge in [-0.15, -0.1) is 0 Å². The van der Waals surface area contributed by atoms with Gasteiger partial charge < -0.3 is 10.4 Å². The zero-order chi connectivity index (χ0) is 11.4. The van der Waals surface area contributed by atoms with Crippen molar-refractivity contribution < 1.29 is 9.90 Å². The van der Waals surface area contributed by atoms with E-state index in [2.05, 4.69) is 21.2 Å². The molecule has 0 saturated heterocycles. The third-order valence-corrected chi connectivity index (χ3v) is 2.58. The average Bonchev–Trinajstić information content (AvgIpc) is 2.14. The number of aliphatic hydroxyl groups is 1. The predicted octanol–water partition coefficient (Wildman–Crippen LogP) is 1.87. The summed E-state index contributed by atoms with van der Waals surface area (Å²) in [4.78, 5) is 11.6. The molecule has 0 bridgehead atoms. The van der Waals surface area contributed by atoms with E-state index in [4.69, 9.17) is 5.11 Å². The monoisotopic (exact) mass is 271 g/mol. The Kier molecular flexibility index (Phi) is 4.29. The van der Waals surface area contributed by atoms with Gasteiger partial charge in [-0.2, -0.15) is 0 Å². The van der Waals surface area contributed by atoms with Crippen molar-refractivity contribution in [2.24, 2.45) is 0 Å². The third-order valence-electron chi connectivity index (χ3n) is 1.93. The Morgan fingerprint density at radius 2 is 2.27 bits per heavy atom. The first-order valence-electron chi connectivity index (χ1n) is 4.73. The minimum atomic E-state index is -0.529. The summed E-state index contributed by atoms with van der Waals surface area (Å²) in [7, 11) is 0. The Hall–Kier alpha value is -0.870. The van der Waals surface area contributed by atoms with Crippen LogP contribution in [0.25, 0.3) is 0 Å². The smallest absolute Gasteiger partial charge is 0.252 e. The number of amides is 1. The average molecular weight is 272 g/mol. The molecule has 15 heavy (non-hydrogen) atoms. The van der Waals surface area contributed by atoms with Gasteiger partial charge in [-0.25, -0.2) is 0 Å². The molecule has 0 aromatic heterocycles. The number of hydrogen-bond donors (Lipinski definition) is 2. The highest BCUT2D eigenvalue weighted by molar-refractivity contribution is 9.10. The molecule has 0 fully saturated rings. The molecule has 1 atom stereocenters. The summed E-state index contributed by atoms with van der Waals surface area (Å²) in [6.07, 6.45) is -0.529. The number of carbonyl (C=O) groups excluding carboxylic acids is 1. The summed E-state index contributed by atoms with van der Waals surface area (Å²) in [5.74, 6) is -0.178. The van der Waals surface area contributed by atoms with Crippen LogP contribution in [0, 0.1) is 6.92 Å². The van der Waals surface area contributed by atoms with Crippen LogP contribution < -0.4 is 5.32 Å². The van der Waals surface area contributed by atoms with E-state index in [1.54, 1.807) is 13.0 Å². The number of nitrogens with one attached hydrogen (secondary N) is 1. The standard InChI is InChI=1S/C11H14BrNO2/c1-7-3-4-9(10(12)5-7)11(15)13-6-8(2)14/h3-5,8,14H,6H2,1-2H3,(H,13,15). The van der Waals surface area contributed by atoms with Crippen molar-refractivity contribution in [2.75, 3.05) is 6.54 Å². The van der Waals surface area contributed by atoms with E-state index in [1.807, 2.05) is 19.1 Å². The Labute approximate surface area is 97.6 Å². The summed E-state index contributed by atoms with van der Waals surface area (Å²) in [6, 6.07) is 5.52. The van der Waals surface area contributed by atoms with E-state index in [1.165, 1.54) is 0 Å². The third kappa shape index (κ3) is 3.64. The highest BCUT2D eigenvalue weighted by Gasteiger charge is 2.09. The van der Waals surface area contributed by atoms with Crippen molar-refractivity contribution in [3.63, 3.8) is 0 Å². The van der Waals surface area contributed by atoms with Gasteiger partial charge in [0.1, 0.15) is 0 Å². The molecule has 1 aromatic rings. The number of rotatable bonds is 3. The number of benzene rings is 1. The fourth-order valence-corrected chi connectivity index (χ4v) is 1.81. The molecule has 1 rings (SSSR count). The molecule has 1 unspecified atom stereocenters. The van der Waals surface area contributed by atoms with Crippen molar-refractivity contribution in [1.29, 1.82) is 0 Å². The number of aliphatic hydroxyl groups excluding tert-OH is 1. The summed E-state index contributed by atoms with van der Waals surface area (Å²) >= 11 is 3.33. The van der Waals surface area contributed by atoms with Crippen LogP contribution in [0.1, 0.15) is 22.8 Å². The number of halogens is 1. The number of aryl methyl sites for hydroxylation is 1. The van der Waals surface area contributed by atoms with Gasteiger partial charge in [0, 0.05) is 11.0 Å². The van der Waals surface area contributed by atoms with Crippen LogP contribution in [0.2, 0.25) is 0 Å². The Morgan fingerprint density at radius 3 is 2.80 bits per heavy atom. The first kappa shape index (κ1) is 12.2. The molecule has 0 aliphatic carbocycles. The zero-order valence-corrected chi connectivity index (χ0v) is 10.3. The van der Waals surface area contributed by atoms with Gasteiger partial charge in [-0.3, -0.25) is 4.79 Å². The second kappa shape index (κ2) is 5.28. The molecule has 0 spiro atoms. The second-order valence-corrected chi connectivity index (χ2v) is 4.40. The largest absolute Gasteiger partial charge is 0.392 e. The highest BCUT2D eigenvalue weighted by atomic mass is 79.9. The van der Waals surface area contributed by atoms with Gasteiger partial charge in [0.2, 0.25) is 0 Å². The summed E-state index contributed by atoms with van der Waals surface area (Å²) in [6.45, 7) is 3.85. The first-order valence-corrected chi connectivity index (χ1v) is 5.52. The fraction of sp³-hybridized carbons (Fsp3) is 0.364. The SMILES string of the molecule is Cc1ccc(C(=O)NCC(C)O)c(Br)c1. The second-order valence-electron chi connectivity index (χ2n) is 3.54. The lowest BCUT2D eigenvalue weighted by Crippen LogP contribution is -2.30. The minimum Gasteiger partial charge on any atom is -0.392 e. The quantitative estimate of drug-likeness (QED) is 0.882. The van der Waals surface area contributed by atoms with E-state index in [9.17, 15) is 4.79 Å². The van der Waals surface area contributed by atoms with Gasteiger partial charge in [-0.05, 0) is 47.5 Å².